The zero-order valence-electron chi connectivity index (χ0n) is 21.1. The van der Waals surface area contributed by atoms with E-state index in [1.807, 2.05) is 13.8 Å². The number of hydrogen-bond acceptors (Lipinski definition) is 8. The highest BCUT2D eigenvalue weighted by Gasteiger charge is 2.32. The van der Waals surface area contributed by atoms with Crippen molar-refractivity contribution in [2.75, 3.05) is 12.3 Å². The number of aromatic nitrogens is 2. The molecule has 39 heavy (non-hydrogen) atoms. The largest absolute Gasteiger partial charge is 0.493 e. The first-order chi connectivity index (χ1) is 18.1. The molecule has 2 heterocycles. The molecule has 0 aliphatic carbocycles. The minimum Gasteiger partial charge on any atom is -0.493 e. The fourth-order valence-electron chi connectivity index (χ4n) is 3.29. The molecule has 1 atom stereocenters. The Labute approximate surface area is 222 Å². The number of hydrogen-bond donors (Lipinski definition) is 2. The van der Waals surface area contributed by atoms with Crippen LogP contribution in [0.3, 0.4) is 0 Å². The third-order valence-corrected chi connectivity index (χ3v) is 6.17. The second-order valence-electron chi connectivity index (χ2n) is 9.01. The number of nitrogens with zero attached hydrogens (tertiary/aromatic N) is 2. The Bertz CT molecular complexity index is 1450. The van der Waals surface area contributed by atoms with Gasteiger partial charge in [-0.15, -0.1) is 0 Å². The summed E-state index contributed by atoms with van der Waals surface area (Å²) in [6.45, 7) is 5.21. The van der Waals surface area contributed by atoms with Crippen LogP contribution in [-0.2, 0) is 10.0 Å². The first-order valence-electron chi connectivity index (χ1n) is 11.6. The zero-order chi connectivity index (χ0) is 29.0. The van der Waals surface area contributed by atoms with Crippen molar-refractivity contribution >= 4 is 21.7 Å². The molecule has 0 fully saturated rings. The average Bonchev–Trinajstić information content (AvgIpc) is 2.81. The van der Waals surface area contributed by atoms with E-state index < -0.39 is 56.9 Å². The molecule has 0 radical (unpaired) electrons. The van der Waals surface area contributed by atoms with Crippen LogP contribution >= 0.6 is 0 Å². The number of alkyl halides is 3. The highest BCUT2D eigenvalue weighted by molar-refractivity contribution is 7.90. The number of anilines is 1. The molecule has 3 aromatic rings. The Hall–Kier alpha value is -3.94. The van der Waals surface area contributed by atoms with Crippen molar-refractivity contribution in [3.05, 3.63) is 59.9 Å². The molecule has 1 unspecified atom stereocenters. The van der Waals surface area contributed by atoms with Crippen molar-refractivity contribution in [2.45, 2.75) is 44.5 Å². The van der Waals surface area contributed by atoms with E-state index in [1.165, 1.54) is 24.3 Å². The molecular weight excluding hydrogens is 544 g/mol. The summed E-state index contributed by atoms with van der Waals surface area (Å²) in [5.41, 5.74) is 5.25. The Balaban J connectivity index is 2.00. The first kappa shape index (κ1) is 29.6. The Morgan fingerprint density at radius 3 is 2.44 bits per heavy atom. The van der Waals surface area contributed by atoms with E-state index in [-0.39, 0.29) is 28.7 Å². The van der Waals surface area contributed by atoms with Crippen molar-refractivity contribution in [3.8, 4) is 22.9 Å². The molecule has 3 rings (SSSR count). The molecule has 0 saturated carbocycles. The molecule has 210 valence electrons. The molecule has 1 amide bonds. The van der Waals surface area contributed by atoms with Crippen molar-refractivity contribution in [3.63, 3.8) is 0 Å². The van der Waals surface area contributed by atoms with Crippen molar-refractivity contribution in [1.29, 1.82) is 0 Å². The van der Waals surface area contributed by atoms with E-state index in [9.17, 15) is 30.8 Å². The first-order valence-corrected chi connectivity index (χ1v) is 13.1. The lowest BCUT2D eigenvalue weighted by atomic mass is 10.1. The summed E-state index contributed by atoms with van der Waals surface area (Å²) in [5.74, 6) is -2.27. The Kier molecular flexibility index (Phi) is 8.99. The minimum atomic E-state index is -4.59. The number of halogens is 4. The lowest BCUT2D eigenvalue weighted by molar-refractivity contribution is -0.149. The van der Waals surface area contributed by atoms with E-state index in [0.29, 0.717) is 6.61 Å². The fraction of sp³-hybridized carbons (Fsp3) is 0.320. The number of nitrogens with two attached hydrogens (primary N) is 1. The van der Waals surface area contributed by atoms with Gasteiger partial charge in [-0.2, -0.15) is 21.6 Å². The van der Waals surface area contributed by atoms with E-state index in [1.54, 1.807) is 4.72 Å². The number of carbonyl (C=O) groups is 1. The monoisotopic (exact) mass is 570 g/mol. The summed E-state index contributed by atoms with van der Waals surface area (Å²) in [4.78, 5) is 20.7. The van der Waals surface area contributed by atoms with Crippen LogP contribution in [0.1, 0.15) is 37.6 Å². The van der Waals surface area contributed by atoms with Crippen LogP contribution in [0.2, 0.25) is 0 Å². The smallest absolute Gasteiger partial charge is 0.392 e. The summed E-state index contributed by atoms with van der Waals surface area (Å²) < 4.78 is 91.1. The van der Waals surface area contributed by atoms with Crippen LogP contribution in [0.25, 0.3) is 11.3 Å². The maximum atomic E-state index is 14.3. The summed E-state index contributed by atoms with van der Waals surface area (Å²) >= 11 is 0. The van der Waals surface area contributed by atoms with Gasteiger partial charge in [0.25, 0.3) is 15.9 Å². The highest BCUT2D eigenvalue weighted by Crippen LogP contribution is 2.30. The van der Waals surface area contributed by atoms with E-state index in [4.69, 9.17) is 15.2 Å². The number of pyridine rings is 2. The average molecular weight is 571 g/mol. The third kappa shape index (κ3) is 8.53. The van der Waals surface area contributed by atoms with Crippen LogP contribution in [0.15, 0.2) is 53.6 Å². The van der Waals surface area contributed by atoms with Gasteiger partial charge in [0.05, 0.1) is 18.7 Å². The van der Waals surface area contributed by atoms with Gasteiger partial charge in [0.1, 0.15) is 29.1 Å². The van der Waals surface area contributed by atoms with Crippen LogP contribution in [0.4, 0.5) is 23.4 Å². The number of carbonyl (C=O) groups excluding carboxylic acids is 1. The fourth-order valence-corrected chi connectivity index (χ4v) is 4.23. The molecule has 1 aromatic carbocycles. The van der Waals surface area contributed by atoms with Crippen molar-refractivity contribution < 1.29 is 40.2 Å². The number of amides is 1. The molecule has 2 aromatic heterocycles. The molecular formula is C25H26F4N4O5S. The molecule has 0 saturated heterocycles. The number of ether oxygens (including phenoxy) is 2. The predicted molar refractivity (Wildman–Crippen MR) is 134 cm³/mol. The summed E-state index contributed by atoms with van der Waals surface area (Å²) in [5, 5.41) is -0.554. The standard InChI is InChI=1S/C25H26F4N4O5S/c1-14(2)13-37-18-10-16(9-17(26)11-18)20-8-7-19(24(31-20)38-15(3)12-25(27,28)29)23(34)33-39(35,36)22-6-4-5-21(30)32-22/h4-11,14-15H,12-13H2,1-3H3,(H2,30,32)(H,33,34). The summed E-state index contributed by atoms with van der Waals surface area (Å²) in [6, 6.07) is 9.85. The molecule has 0 aliphatic rings. The quantitative estimate of drug-likeness (QED) is 0.334. The lowest BCUT2D eigenvalue weighted by Crippen LogP contribution is -2.32. The normalized spacial score (nSPS) is 12.7. The second-order valence-corrected chi connectivity index (χ2v) is 10.6. The molecule has 3 N–H and O–H groups in total. The van der Waals surface area contributed by atoms with Gasteiger partial charge in [0.2, 0.25) is 5.88 Å². The maximum absolute atomic E-state index is 14.3. The van der Waals surface area contributed by atoms with Gasteiger partial charge in [-0.3, -0.25) is 4.79 Å². The number of rotatable bonds is 10. The molecule has 9 nitrogen and oxygen atoms in total. The third-order valence-electron chi connectivity index (χ3n) is 4.93. The summed E-state index contributed by atoms with van der Waals surface area (Å²) in [6.07, 6.45) is -7.46. The van der Waals surface area contributed by atoms with Gasteiger partial charge in [-0.1, -0.05) is 19.9 Å². The number of nitrogen functional groups attached to an aromatic ring is 1. The molecule has 0 aliphatic heterocycles. The van der Waals surface area contributed by atoms with Gasteiger partial charge >= 0.3 is 6.18 Å². The van der Waals surface area contributed by atoms with Crippen LogP contribution in [-0.4, -0.2) is 43.2 Å². The lowest BCUT2D eigenvalue weighted by Gasteiger charge is -2.18. The molecule has 14 heteroatoms. The van der Waals surface area contributed by atoms with Crippen LogP contribution < -0.4 is 19.9 Å². The maximum Gasteiger partial charge on any atom is 0.392 e. The van der Waals surface area contributed by atoms with Gasteiger partial charge in [-0.05, 0) is 49.2 Å². The van der Waals surface area contributed by atoms with E-state index in [0.717, 1.165) is 31.2 Å². The Morgan fingerprint density at radius 1 is 1.08 bits per heavy atom. The predicted octanol–water partition coefficient (Wildman–Crippen LogP) is 4.74. The molecule has 0 bridgehead atoms. The SMILES string of the molecule is CC(C)COc1cc(F)cc(-c2ccc(C(=O)NS(=O)(=O)c3cccc(N)n3)c(OC(C)CC(F)(F)F)n2)c1. The number of nitrogens with one attached hydrogen (secondary N) is 1. The second kappa shape index (κ2) is 11.8. The van der Waals surface area contributed by atoms with E-state index in [2.05, 4.69) is 9.97 Å². The topological polar surface area (TPSA) is 134 Å². The van der Waals surface area contributed by atoms with Crippen molar-refractivity contribution in [1.82, 2.24) is 14.7 Å². The van der Waals surface area contributed by atoms with Gasteiger partial charge < -0.3 is 15.2 Å². The molecule has 0 spiro atoms. The minimum absolute atomic E-state index is 0.0370. The zero-order valence-corrected chi connectivity index (χ0v) is 21.9. The van der Waals surface area contributed by atoms with Crippen LogP contribution in [0, 0.1) is 11.7 Å². The highest BCUT2D eigenvalue weighted by atomic mass is 32.2. The van der Waals surface area contributed by atoms with Gasteiger partial charge in [-0.25, -0.2) is 19.1 Å². The summed E-state index contributed by atoms with van der Waals surface area (Å²) in [7, 11) is -4.51. The van der Waals surface area contributed by atoms with E-state index >= 15 is 0 Å². The number of benzene rings is 1. The van der Waals surface area contributed by atoms with Crippen LogP contribution in [0.5, 0.6) is 11.6 Å². The number of sulfonamides is 1. The van der Waals surface area contributed by atoms with Crippen molar-refractivity contribution in [2.24, 2.45) is 5.92 Å². The van der Waals surface area contributed by atoms with Gasteiger partial charge in [0.15, 0.2) is 5.03 Å². The van der Waals surface area contributed by atoms with Gasteiger partial charge in [0, 0.05) is 11.6 Å². The Morgan fingerprint density at radius 2 is 1.79 bits per heavy atom.